The predicted octanol–water partition coefficient (Wildman–Crippen LogP) is 2.28. The van der Waals surface area contributed by atoms with Crippen molar-refractivity contribution in [3.8, 4) is 0 Å². The number of likely N-dealkylation sites (tertiary alicyclic amines) is 1. The molecule has 21 heavy (non-hydrogen) atoms. The minimum Gasteiger partial charge on any atom is -0.342 e. The number of carbonyl (C=O) groups excluding carboxylic acids is 1. The molecule has 1 aromatic rings. The van der Waals surface area contributed by atoms with Gasteiger partial charge >= 0.3 is 0 Å². The Labute approximate surface area is 130 Å². The molecule has 3 unspecified atom stereocenters. The minimum atomic E-state index is 0.171. The number of amides is 1. The van der Waals surface area contributed by atoms with Crippen LogP contribution >= 0.6 is 11.6 Å². The molecule has 0 bridgehead atoms. The van der Waals surface area contributed by atoms with Crippen molar-refractivity contribution >= 4 is 17.5 Å². The predicted molar refractivity (Wildman–Crippen MR) is 83.8 cm³/mol. The van der Waals surface area contributed by atoms with Gasteiger partial charge in [-0.3, -0.25) is 10.2 Å². The van der Waals surface area contributed by atoms with Gasteiger partial charge in [0.15, 0.2) is 0 Å². The molecule has 2 aliphatic heterocycles. The maximum Gasteiger partial charge on any atom is 0.226 e. The molecule has 2 heterocycles. The molecule has 1 amide bonds. The first-order valence-corrected chi connectivity index (χ1v) is 7.72. The molecular weight excluding hydrogens is 286 g/mol. The van der Waals surface area contributed by atoms with Crippen LogP contribution in [0.2, 0.25) is 5.02 Å². The van der Waals surface area contributed by atoms with E-state index in [0.717, 1.165) is 24.5 Å². The zero-order valence-electron chi connectivity index (χ0n) is 11.9. The summed E-state index contributed by atoms with van der Waals surface area (Å²) in [6, 6.07) is 8.55. The van der Waals surface area contributed by atoms with Gasteiger partial charge in [-0.1, -0.05) is 29.8 Å². The summed E-state index contributed by atoms with van der Waals surface area (Å²) >= 11 is 5.96. The summed E-state index contributed by atoms with van der Waals surface area (Å²) in [5.74, 6) is 0.555. The van der Waals surface area contributed by atoms with Crippen LogP contribution in [-0.2, 0) is 4.79 Å². The Morgan fingerprint density at radius 3 is 2.86 bits per heavy atom. The Morgan fingerprint density at radius 1 is 1.38 bits per heavy atom. The Kier molecular flexibility index (Phi) is 4.29. The van der Waals surface area contributed by atoms with Gasteiger partial charge in [-0.2, -0.15) is 0 Å². The fourth-order valence-corrected chi connectivity index (χ4v) is 3.41. The number of piperidine rings is 1. The molecule has 3 rings (SSSR count). The van der Waals surface area contributed by atoms with Crippen LogP contribution in [-0.4, -0.2) is 29.9 Å². The number of rotatable bonds is 3. The zero-order valence-corrected chi connectivity index (χ0v) is 12.6. The lowest BCUT2D eigenvalue weighted by molar-refractivity contribution is -0.132. The highest BCUT2D eigenvalue weighted by Crippen LogP contribution is 2.34. The number of benzene rings is 1. The molecule has 1 aromatic carbocycles. The van der Waals surface area contributed by atoms with Gasteiger partial charge < -0.3 is 4.90 Å². The number of nitrogens with zero attached hydrogens (tertiary/aromatic N) is 1. The number of nitrogens with one attached hydrogen (secondary N) is 2. The molecule has 0 saturated carbocycles. The van der Waals surface area contributed by atoms with Crippen molar-refractivity contribution in [2.24, 2.45) is 5.92 Å². The molecule has 5 heteroatoms. The highest BCUT2D eigenvalue weighted by molar-refractivity contribution is 6.30. The van der Waals surface area contributed by atoms with Gasteiger partial charge in [0.2, 0.25) is 5.91 Å². The van der Waals surface area contributed by atoms with Crippen molar-refractivity contribution in [2.75, 3.05) is 13.1 Å². The summed E-state index contributed by atoms with van der Waals surface area (Å²) in [5, 5.41) is 0.743. The second-order valence-corrected chi connectivity index (χ2v) is 6.15. The smallest absolute Gasteiger partial charge is 0.226 e. The third kappa shape index (κ3) is 2.98. The Bertz CT molecular complexity index is 531. The maximum absolute atomic E-state index is 12.1. The lowest BCUT2D eigenvalue weighted by Gasteiger charge is -2.36. The van der Waals surface area contributed by atoms with Crippen LogP contribution in [0.5, 0.6) is 0 Å². The van der Waals surface area contributed by atoms with Gasteiger partial charge in [0, 0.05) is 36.5 Å². The first-order chi connectivity index (χ1) is 10.2. The monoisotopic (exact) mass is 305 g/mol. The molecule has 0 aromatic heterocycles. The number of carbonyl (C=O) groups is 1. The lowest BCUT2D eigenvalue weighted by Crippen LogP contribution is -2.47. The Morgan fingerprint density at radius 2 is 2.14 bits per heavy atom. The summed E-state index contributed by atoms with van der Waals surface area (Å²) < 4.78 is 0. The van der Waals surface area contributed by atoms with Gasteiger partial charge in [-0.15, -0.1) is 6.58 Å². The summed E-state index contributed by atoms with van der Waals surface area (Å²) in [6.07, 6.45) is 3.07. The van der Waals surface area contributed by atoms with Gasteiger partial charge in [-0.25, -0.2) is 5.43 Å². The molecule has 112 valence electrons. The Balaban J connectivity index is 1.74. The molecule has 0 aliphatic carbocycles. The normalized spacial score (nSPS) is 28.2. The van der Waals surface area contributed by atoms with Crippen molar-refractivity contribution in [2.45, 2.75) is 24.9 Å². The van der Waals surface area contributed by atoms with E-state index in [1.54, 1.807) is 6.08 Å². The highest BCUT2D eigenvalue weighted by Gasteiger charge is 2.41. The van der Waals surface area contributed by atoms with Crippen molar-refractivity contribution in [3.05, 3.63) is 47.5 Å². The van der Waals surface area contributed by atoms with E-state index in [1.807, 2.05) is 17.0 Å². The second kappa shape index (κ2) is 6.18. The van der Waals surface area contributed by atoms with E-state index < -0.39 is 0 Å². The van der Waals surface area contributed by atoms with E-state index >= 15 is 0 Å². The molecule has 2 saturated heterocycles. The summed E-state index contributed by atoms with van der Waals surface area (Å²) in [5.41, 5.74) is 7.95. The van der Waals surface area contributed by atoms with Crippen LogP contribution in [0.15, 0.2) is 36.9 Å². The van der Waals surface area contributed by atoms with Crippen molar-refractivity contribution in [3.63, 3.8) is 0 Å². The van der Waals surface area contributed by atoms with Crippen LogP contribution in [0.1, 0.15) is 24.4 Å². The van der Waals surface area contributed by atoms with Gasteiger partial charge in [0.25, 0.3) is 0 Å². The van der Waals surface area contributed by atoms with Crippen LogP contribution in [0, 0.1) is 5.92 Å². The van der Waals surface area contributed by atoms with Gasteiger partial charge in [-0.05, 0) is 24.1 Å². The SMILES string of the molecule is C=CCC(=O)N1CCC2NNC(c3ccc(Cl)cc3)C2C1. The molecule has 3 atom stereocenters. The molecule has 2 fully saturated rings. The number of hydrazine groups is 1. The number of halogens is 1. The molecule has 2 N–H and O–H groups in total. The number of hydrogen-bond donors (Lipinski definition) is 2. The first kappa shape index (κ1) is 14.6. The van der Waals surface area contributed by atoms with Gasteiger partial charge in [0.05, 0.1) is 6.04 Å². The Hall–Kier alpha value is -1.36. The third-order valence-corrected chi connectivity index (χ3v) is 4.66. The quantitative estimate of drug-likeness (QED) is 0.842. The van der Waals surface area contributed by atoms with Crippen molar-refractivity contribution < 1.29 is 4.79 Å². The van der Waals surface area contributed by atoms with Crippen LogP contribution in [0.3, 0.4) is 0 Å². The van der Waals surface area contributed by atoms with Crippen LogP contribution in [0.4, 0.5) is 0 Å². The van der Waals surface area contributed by atoms with E-state index in [4.69, 9.17) is 11.6 Å². The fraction of sp³-hybridized carbons (Fsp3) is 0.438. The van der Waals surface area contributed by atoms with E-state index in [-0.39, 0.29) is 11.9 Å². The summed E-state index contributed by atoms with van der Waals surface area (Å²) in [6.45, 7) is 5.25. The molecule has 4 nitrogen and oxygen atoms in total. The number of hydrogen-bond acceptors (Lipinski definition) is 3. The average molecular weight is 306 g/mol. The fourth-order valence-electron chi connectivity index (χ4n) is 3.28. The summed E-state index contributed by atoms with van der Waals surface area (Å²) in [4.78, 5) is 14.0. The van der Waals surface area contributed by atoms with E-state index in [2.05, 4.69) is 29.6 Å². The average Bonchev–Trinajstić information content (AvgIpc) is 2.91. The highest BCUT2D eigenvalue weighted by atomic mass is 35.5. The van der Waals surface area contributed by atoms with E-state index in [9.17, 15) is 4.79 Å². The molecular formula is C16H20ClN3O. The first-order valence-electron chi connectivity index (χ1n) is 7.34. The van der Waals surface area contributed by atoms with Crippen LogP contribution in [0.25, 0.3) is 0 Å². The standard InChI is InChI=1S/C16H20ClN3O/c1-2-3-15(21)20-9-8-14-13(10-20)16(19-18-14)11-4-6-12(17)7-5-11/h2,4-7,13-14,16,18-19H,1,3,8-10H2. The molecule has 2 aliphatic rings. The van der Waals surface area contributed by atoms with Crippen LogP contribution < -0.4 is 10.9 Å². The molecule has 0 radical (unpaired) electrons. The third-order valence-electron chi connectivity index (χ3n) is 4.41. The number of fused-ring (bicyclic) bond motifs is 1. The maximum atomic E-state index is 12.1. The molecule has 0 spiro atoms. The topological polar surface area (TPSA) is 44.4 Å². The van der Waals surface area contributed by atoms with E-state index in [1.165, 1.54) is 5.56 Å². The van der Waals surface area contributed by atoms with Crippen molar-refractivity contribution in [1.29, 1.82) is 0 Å². The van der Waals surface area contributed by atoms with E-state index in [0.29, 0.717) is 18.4 Å². The lowest BCUT2D eigenvalue weighted by atomic mass is 9.85. The van der Waals surface area contributed by atoms with Crippen molar-refractivity contribution in [1.82, 2.24) is 15.8 Å². The van der Waals surface area contributed by atoms with Gasteiger partial charge in [0.1, 0.15) is 0 Å². The second-order valence-electron chi connectivity index (χ2n) is 5.71. The largest absolute Gasteiger partial charge is 0.342 e. The minimum absolute atomic E-state index is 0.171. The zero-order chi connectivity index (χ0) is 14.8. The summed E-state index contributed by atoms with van der Waals surface area (Å²) in [7, 11) is 0.